The highest BCUT2D eigenvalue weighted by Gasteiger charge is 2.20. The number of benzene rings is 10. The lowest BCUT2D eigenvalue weighted by atomic mass is 9.97. The van der Waals surface area contributed by atoms with Crippen molar-refractivity contribution in [2.24, 2.45) is 0 Å². The molecular formula is C67H47N5. The summed E-state index contributed by atoms with van der Waals surface area (Å²) in [4.78, 5) is 10.2. The van der Waals surface area contributed by atoms with Crippen LogP contribution in [-0.2, 0) is 0 Å². The molecular weight excluding hydrogens is 875 g/mol. The van der Waals surface area contributed by atoms with Crippen LogP contribution in [0.5, 0.6) is 0 Å². The zero-order valence-corrected chi connectivity index (χ0v) is 40.2. The Balaban J connectivity index is 0.905. The maximum atomic E-state index is 5.13. The van der Waals surface area contributed by atoms with Crippen LogP contribution in [-0.4, -0.2) is 23.7 Å². The molecule has 4 heterocycles. The van der Waals surface area contributed by atoms with E-state index in [-0.39, 0.29) is 0 Å². The van der Waals surface area contributed by atoms with Gasteiger partial charge in [0, 0.05) is 66.1 Å². The zero-order valence-electron chi connectivity index (χ0n) is 40.2. The van der Waals surface area contributed by atoms with Crippen LogP contribution in [0.25, 0.3) is 128 Å². The molecule has 14 rings (SSSR count). The molecule has 0 saturated heterocycles. The van der Waals surface area contributed by atoms with E-state index in [2.05, 4.69) is 241 Å². The minimum absolute atomic E-state index is 0.715. The lowest BCUT2D eigenvalue weighted by Gasteiger charge is -2.13. The number of hydrogen-bond acceptors (Lipinski definition) is 2. The van der Waals surface area contributed by atoms with E-state index in [0.717, 1.165) is 72.9 Å². The van der Waals surface area contributed by atoms with Crippen LogP contribution in [0.3, 0.4) is 0 Å². The first-order valence-electron chi connectivity index (χ1n) is 24.7. The molecule has 0 atom stereocenters. The second kappa shape index (κ2) is 16.4. The van der Waals surface area contributed by atoms with E-state index in [4.69, 9.17) is 9.97 Å². The number of nitrogens with zero attached hydrogens (tertiary/aromatic N) is 5. The van der Waals surface area contributed by atoms with Crippen molar-refractivity contribution in [3.63, 3.8) is 0 Å². The quantitative estimate of drug-likeness (QED) is 0.160. The Morgan fingerprint density at radius 3 is 1.26 bits per heavy atom. The van der Waals surface area contributed by atoms with Gasteiger partial charge in [-0.25, -0.2) is 9.97 Å². The molecule has 0 aliphatic carbocycles. The fourth-order valence-corrected chi connectivity index (χ4v) is 11.3. The molecule has 5 nitrogen and oxygen atoms in total. The van der Waals surface area contributed by atoms with Crippen molar-refractivity contribution in [3.05, 3.63) is 247 Å². The SMILES string of the molecule is Cc1ccc2c(c1)c1cc(C)ccc1n2-c1ccc2c(c1)c1cc(-n3c4ccccc4c4ccccc43)ccc1n2-c1ccc(-c2ccc(-c3cc(-c4ccccc4)nc(-c4ccccc4)n3)c(C)c2)cc1. The topological polar surface area (TPSA) is 40.6 Å². The van der Waals surface area contributed by atoms with Crippen LogP contribution in [0.4, 0.5) is 0 Å². The van der Waals surface area contributed by atoms with Gasteiger partial charge in [-0.3, -0.25) is 0 Å². The van der Waals surface area contributed by atoms with Crippen LogP contribution in [0, 0.1) is 20.8 Å². The first-order valence-corrected chi connectivity index (χ1v) is 24.7. The van der Waals surface area contributed by atoms with Crippen LogP contribution in [0.15, 0.2) is 231 Å². The normalized spacial score (nSPS) is 11.8. The Morgan fingerprint density at radius 2 is 0.708 bits per heavy atom. The molecule has 0 amide bonds. The second-order valence-electron chi connectivity index (χ2n) is 19.3. The van der Waals surface area contributed by atoms with Gasteiger partial charge in [0.25, 0.3) is 0 Å². The summed E-state index contributed by atoms with van der Waals surface area (Å²) in [7, 11) is 0. The Kier molecular flexibility index (Phi) is 9.48. The minimum atomic E-state index is 0.715. The van der Waals surface area contributed by atoms with Gasteiger partial charge in [-0.2, -0.15) is 0 Å². The third-order valence-electron chi connectivity index (χ3n) is 14.7. The van der Waals surface area contributed by atoms with Crippen molar-refractivity contribution in [2.75, 3.05) is 0 Å². The van der Waals surface area contributed by atoms with Gasteiger partial charge in [0.15, 0.2) is 5.82 Å². The van der Waals surface area contributed by atoms with Gasteiger partial charge in [-0.05, 0) is 128 Å². The lowest BCUT2D eigenvalue weighted by Crippen LogP contribution is -1.97. The van der Waals surface area contributed by atoms with Crippen molar-refractivity contribution in [3.8, 4) is 62.1 Å². The van der Waals surface area contributed by atoms with Gasteiger partial charge in [0.1, 0.15) is 0 Å². The van der Waals surface area contributed by atoms with Gasteiger partial charge >= 0.3 is 0 Å². The van der Waals surface area contributed by atoms with Crippen molar-refractivity contribution in [2.45, 2.75) is 20.8 Å². The van der Waals surface area contributed by atoms with Crippen LogP contribution < -0.4 is 0 Å². The summed E-state index contributed by atoms with van der Waals surface area (Å²) in [6.45, 7) is 6.55. The van der Waals surface area contributed by atoms with E-state index in [1.807, 2.05) is 24.3 Å². The molecule has 340 valence electrons. The molecule has 0 fully saturated rings. The molecule has 0 spiro atoms. The number of hydrogen-bond donors (Lipinski definition) is 0. The van der Waals surface area contributed by atoms with Crippen molar-refractivity contribution in [1.29, 1.82) is 0 Å². The van der Waals surface area contributed by atoms with E-state index in [0.29, 0.717) is 5.82 Å². The maximum Gasteiger partial charge on any atom is 0.160 e. The summed E-state index contributed by atoms with van der Waals surface area (Å²) in [5, 5.41) is 7.46. The van der Waals surface area contributed by atoms with Gasteiger partial charge in [0.2, 0.25) is 0 Å². The zero-order chi connectivity index (χ0) is 48.0. The van der Waals surface area contributed by atoms with E-state index in [1.165, 1.54) is 65.5 Å². The Bertz CT molecular complexity index is 4290. The summed E-state index contributed by atoms with van der Waals surface area (Å²) in [6, 6.07) is 83.7. The molecule has 0 saturated carbocycles. The van der Waals surface area contributed by atoms with Gasteiger partial charge in [-0.1, -0.05) is 151 Å². The Morgan fingerprint density at radius 1 is 0.278 bits per heavy atom. The average molecular weight is 922 g/mol. The van der Waals surface area contributed by atoms with Gasteiger partial charge in [0.05, 0.1) is 44.5 Å². The minimum Gasteiger partial charge on any atom is -0.309 e. The van der Waals surface area contributed by atoms with Gasteiger partial charge < -0.3 is 13.7 Å². The number of aryl methyl sites for hydroxylation is 3. The third kappa shape index (κ3) is 6.69. The Labute approximate surface area is 417 Å². The van der Waals surface area contributed by atoms with Crippen LogP contribution in [0.1, 0.15) is 16.7 Å². The lowest BCUT2D eigenvalue weighted by molar-refractivity contribution is 1.16. The molecule has 4 aromatic heterocycles. The fraction of sp³-hybridized carbons (Fsp3) is 0.0448. The molecule has 0 radical (unpaired) electrons. The summed E-state index contributed by atoms with van der Waals surface area (Å²) < 4.78 is 7.30. The van der Waals surface area contributed by atoms with Crippen molar-refractivity contribution >= 4 is 65.4 Å². The Hall–Kier alpha value is -9.32. The number of aromatic nitrogens is 5. The highest BCUT2D eigenvalue weighted by atomic mass is 15.0. The highest BCUT2D eigenvalue weighted by Crippen LogP contribution is 2.41. The summed E-state index contributed by atoms with van der Waals surface area (Å²) in [5.74, 6) is 0.715. The first-order chi connectivity index (χ1) is 35.4. The summed E-state index contributed by atoms with van der Waals surface area (Å²) >= 11 is 0. The molecule has 0 unspecified atom stereocenters. The monoisotopic (exact) mass is 921 g/mol. The summed E-state index contributed by atoms with van der Waals surface area (Å²) in [5.41, 5.74) is 21.4. The summed E-state index contributed by atoms with van der Waals surface area (Å²) in [6.07, 6.45) is 0. The number of para-hydroxylation sites is 2. The molecule has 10 aromatic carbocycles. The van der Waals surface area contributed by atoms with E-state index >= 15 is 0 Å². The van der Waals surface area contributed by atoms with Crippen LogP contribution in [0.2, 0.25) is 0 Å². The van der Waals surface area contributed by atoms with Crippen molar-refractivity contribution in [1.82, 2.24) is 23.7 Å². The molecule has 5 heteroatoms. The van der Waals surface area contributed by atoms with Gasteiger partial charge in [-0.15, -0.1) is 0 Å². The molecule has 0 aliphatic rings. The van der Waals surface area contributed by atoms with E-state index in [9.17, 15) is 0 Å². The molecule has 14 aromatic rings. The fourth-order valence-electron chi connectivity index (χ4n) is 11.3. The molecule has 0 N–H and O–H groups in total. The largest absolute Gasteiger partial charge is 0.309 e. The molecule has 0 aliphatic heterocycles. The molecule has 72 heavy (non-hydrogen) atoms. The second-order valence-corrected chi connectivity index (χ2v) is 19.3. The number of rotatable bonds is 7. The van der Waals surface area contributed by atoms with E-state index < -0.39 is 0 Å². The maximum absolute atomic E-state index is 5.13. The third-order valence-corrected chi connectivity index (χ3v) is 14.7. The predicted molar refractivity (Wildman–Crippen MR) is 301 cm³/mol. The number of fused-ring (bicyclic) bond motifs is 9. The average Bonchev–Trinajstić information content (AvgIpc) is 4.06. The van der Waals surface area contributed by atoms with Crippen molar-refractivity contribution < 1.29 is 0 Å². The smallest absolute Gasteiger partial charge is 0.160 e. The molecule has 0 bridgehead atoms. The standard InChI is InChI=1S/C67H47N5/c1-42-22-32-63-55(36-42)56-37-43(2)23-33-64(56)72(63)51-30-35-66-58(40-51)57-39-50(71-61-20-12-10-18-53(61)54-19-11-13-21-62(54)71)29-34-65(57)70(66)49-27-24-45(25-28-49)48-26-31-52(44(3)38-48)60-41-59(46-14-6-4-7-15-46)68-67(69-60)47-16-8-5-9-17-47/h4-41H,1-3H3. The first kappa shape index (κ1) is 41.6. The van der Waals surface area contributed by atoms with E-state index in [1.54, 1.807) is 0 Å². The highest BCUT2D eigenvalue weighted by molar-refractivity contribution is 6.14. The predicted octanol–water partition coefficient (Wildman–Crippen LogP) is 17.4. The van der Waals surface area contributed by atoms with Crippen LogP contribution >= 0.6 is 0 Å².